The fourth-order valence-electron chi connectivity index (χ4n) is 0.762. The predicted molar refractivity (Wildman–Crippen MR) is 41.9 cm³/mol. The summed E-state index contributed by atoms with van der Waals surface area (Å²) in [6.07, 6.45) is 0.0648. The molecular formula is C8H18O2. The average molecular weight is 146 g/mol. The number of hydrogen-bond acceptors (Lipinski definition) is 2. The van der Waals surface area contributed by atoms with Gasteiger partial charge in [-0.25, -0.2) is 0 Å². The van der Waals surface area contributed by atoms with E-state index in [2.05, 4.69) is 13.8 Å². The molecule has 62 valence electrons. The zero-order valence-corrected chi connectivity index (χ0v) is 7.39. The lowest BCUT2D eigenvalue weighted by Crippen LogP contribution is -2.14. The Morgan fingerprint density at radius 3 is 1.70 bits per heavy atom. The molecule has 0 atom stereocenters. The molecule has 2 nitrogen and oxygen atoms in total. The Labute approximate surface area is 63.5 Å². The SMILES string of the molecule is CC.CC(C)C1OCCO1. The van der Waals surface area contributed by atoms with Gasteiger partial charge in [-0.15, -0.1) is 0 Å². The highest BCUT2D eigenvalue weighted by atomic mass is 16.7. The highest BCUT2D eigenvalue weighted by molar-refractivity contribution is 4.54. The van der Waals surface area contributed by atoms with Crippen molar-refractivity contribution < 1.29 is 9.47 Å². The summed E-state index contributed by atoms with van der Waals surface area (Å²) in [5, 5.41) is 0. The lowest BCUT2D eigenvalue weighted by atomic mass is 10.2. The van der Waals surface area contributed by atoms with Gasteiger partial charge in [0.25, 0.3) is 0 Å². The fraction of sp³-hybridized carbons (Fsp3) is 1.00. The van der Waals surface area contributed by atoms with Crippen LogP contribution in [0.5, 0.6) is 0 Å². The molecule has 1 aliphatic heterocycles. The van der Waals surface area contributed by atoms with E-state index in [0.717, 1.165) is 13.2 Å². The molecule has 1 aliphatic rings. The lowest BCUT2D eigenvalue weighted by molar-refractivity contribution is -0.0732. The summed E-state index contributed by atoms with van der Waals surface area (Å²) in [6.45, 7) is 9.72. The third-order valence-electron chi connectivity index (χ3n) is 1.19. The van der Waals surface area contributed by atoms with Crippen molar-refractivity contribution in [3.63, 3.8) is 0 Å². The zero-order valence-electron chi connectivity index (χ0n) is 7.39. The predicted octanol–water partition coefficient (Wildman–Crippen LogP) is 2.04. The van der Waals surface area contributed by atoms with Gasteiger partial charge in [0.2, 0.25) is 0 Å². The molecule has 1 saturated heterocycles. The van der Waals surface area contributed by atoms with Gasteiger partial charge in [0, 0.05) is 5.92 Å². The van der Waals surface area contributed by atoms with Gasteiger partial charge in [0.1, 0.15) is 0 Å². The molecule has 1 heterocycles. The van der Waals surface area contributed by atoms with Gasteiger partial charge in [-0.2, -0.15) is 0 Å². The maximum absolute atomic E-state index is 5.19. The third kappa shape index (κ3) is 3.18. The van der Waals surface area contributed by atoms with Crippen LogP contribution in [0.1, 0.15) is 27.7 Å². The molecule has 0 N–H and O–H groups in total. The van der Waals surface area contributed by atoms with Crippen LogP contribution in [0.2, 0.25) is 0 Å². The van der Waals surface area contributed by atoms with Crippen molar-refractivity contribution >= 4 is 0 Å². The van der Waals surface area contributed by atoms with Crippen molar-refractivity contribution in [3.05, 3.63) is 0 Å². The summed E-state index contributed by atoms with van der Waals surface area (Å²) in [5.74, 6) is 0.498. The van der Waals surface area contributed by atoms with E-state index in [4.69, 9.17) is 9.47 Å². The van der Waals surface area contributed by atoms with Gasteiger partial charge >= 0.3 is 0 Å². The largest absolute Gasteiger partial charge is 0.350 e. The van der Waals surface area contributed by atoms with E-state index in [0.29, 0.717) is 5.92 Å². The highest BCUT2D eigenvalue weighted by Gasteiger charge is 2.18. The van der Waals surface area contributed by atoms with Crippen LogP contribution in [-0.4, -0.2) is 19.5 Å². The van der Waals surface area contributed by atoms with Gasteiger partial charge in [0.05, 0.1) is 13.2 Å². The molecule has 0 amide bonds. The summed E-state index contributed by atoms with van der Waals surface area (Å²) in [7, 11) is 0. The minimum absolute atomic E-state index is 0.0648. The molecular weight excluding hydrogens is 128 g/mol. The number of hydrogen-bond donors (Lipinski definition) is 0. The van der Waals surface area contributed by atoms with Crippen LogP contribution in [0.4, 0.5) is 0 Å². The van der Waals surface area contributed by atoms with E-state index in [9.17, 15) is 0 Å². The maximum Gasteiger partial charge on any atom is 0.160 e. The molecule has 0 aromatic rings. The van der Waals surface area contributed by atoms with Gasteiger partial charge in [-0.1, -0.05) is 27.7 Å². The second-order valence-corrected chi connectivity index (χ2v) is 2.35. The minimum atomic E-state index is 0.0648. The first-order valence-electron chi connectivity index (χ1n) is 4.04. The Balaban J connectivity index is 0.000000371. The topological polar surface area (TPSA) is 18.5 Å². The van der Waals surface area contributed by atoms with Crippen LogP contribution in [0.3, 0.4) is 0 Å². The summed E-state index contributed by atoms with van der Waals surface area (Å²) in [5.41, 5.74) is 0. The van der Waals surface area contributed by atoms with Crippen molar-refractivity contribution in [2.24, 2.45) is 5.92 Å². The Morgan fingerprint density at radius 1 is 1.10 bits per heavy atom. The number of ether oxygens (including phenoxy) is 2. The van der Waals surface area contributed by atoms with Gasteiger partial charge < -0.3 is 9.47 Å². The molecule has 0 aromatic carbocycles. The zero-order chi connectivity index (χ0) is 7.98. The molecule has 10 heavy (non-hydrogen) atoms. The highest BCUT2D eigenvalue weighted by Crippen LogP contribution is 2.12. The second kappa shape index (κ2) is 5.69. The average Bonchev–Trinajstić information content (AvgIpc) is 2.42. The van der Waals surface area contributed by atoms with E-state index in [1.165, 1.54) is 0 Å². The fourth-order valence-corrected chi connectivity index (χ4v) is 0.762. The summed E-state index contributed by atoms with van der Waals surface area (Å²) in [6, 6.07) is 0. The van der Waals surface area contributed by atoms with Crippen LogP contribution < -0.4 is 0 Å². The second-order valence-electron chi connectivity index (χ2n) is 2.35. The Bertz CT molecular complexity index is 65.7. The van der Waals surface area contributed by atoms with Gasteiger partial charge in [0.15, 0.2) is 6.29 Å². The van der Waals surface area contributed by atoms with Gasteiger partial charge in [-0.3, -0.25) is 0 Å². The quantitative estimate of drug-likeness (QED) is 0.563. The molecule has 0 aliphatic carbocycles. The molecule has 0 spiro atoms. The Hall–Kier alpha value is -0.0800. The molecule has 0 unspecified atom stereocenters. The molecule has 2 heteroatoms. The van der Waals surface area contributed by atoms with Crippen LogP contribution in [0.25, 0.3) is 0 Å². The Morgan fingerprint density at radius 2 is 1.50 bits per heavy atom. The first kappa shape index (κ1) is 9.92. The van der Waals surface area contributed by atoms with Crippen molar-refractivity contribution in [1.29, 1.82) is 0 Å². The van der Waals surface area contributed by atoms with E-state index in [1.54, 1.807) is 0 Å². The van der Waals surface area contributed by atoms with Crippen molar-refractivity contribution in [1.82, 2.24) is 0 Å². The van der Waals surface area contributed by atoms with Crippen molar-refractivity contribution in [2.75, 3.05) is 13.2 Å². The molecule has 1 rings (SSSR count). The maximum atomic E-state index is 5.19. The molecule has 0 bridgehead atoms. The van der Waals surface area contributed by atoms with Crippen molar-refractivity contribution in [3.8, 4) is 0 Å². The molecule has 0 saturated carbocycles. The Kier molecular flexibility index (Phi) is 5.64. The van der Waals surface area contributed by atoms with Crippen LogP contribution in [-0.2, 0) is 9.47 Å². The van der Waals surface area contributed by atoms with E-state index in [-0.39, 0.29) is 6.29 Å². The van der Waals surface area contributed by atoms with E-state index < -0.39 is 0 Å². The monoisotopic (exact) mass is 146 g/mol. The first-order valence-corrected chi connectivity index (χ1v) is 4.04. The van der Waals surface area contributed by atoms with Crippen molar-refractivity contribution in [2.45, 2.75) is 34.0 Å². The van der Waals surface area contributed by atoms with Crippen LogP contribution >= 0.6 is 0 Å². The summed E-state index contributed by atoms with van der Waals surface area (Å²) in [4.78, 5) is 0. The summed E-state index contributed by atoms with van der Waals surface area (Å²) < 4.78 is 10.4. The van der Waals surface area contributed by atoms with E-state index >= 15 is 0 Å². The lowest BCUT2D eigenvalue weighted by Gasteiger charge is -2.11. The third-order valence-corrected chi connectivity index (χ3v) is 1.19. The molecule has 0 radical (unpaired) electrons. The van der Waals surface area contributed by atoms with Crippen LogP contribution in [0.15, 0.2) is 0 Å². The smallest absolute Gasteiger partial charge is 0.160 e. The van der Waals surface area contributed by atoms with Gasteiger partial charge in [-0.05, 0) is 0 Å². The van der Waals surface area contributed by atoms with Crippen LogP contribution in [0, 0.1) is 5.92 Å². The number of rotatable bonds is 1. The minimum Gasteiger partial charge on any atom is -0.350 e. The molecule has 0 aromatic heterocycles. The van der Waals surface area contributed by atoms with E-state index in [1.807, 2.05) is 13.8 Å². The summed E-state index contributed by atoms with van der Waals surface area (Å²) >= 11 is 0. The first-order chi connectivity index (χ1) is 4.80. The normalized spacial score (nSPS) is 18.9. The molecule has 1 fully saturated rings. The standard InChI is InChI=1S/C6H12O2.C2H6/c1-5(2)6-7-3-4-8-6;1-2/h5-6H,3-4H2,1-2H3;1-2H3.